The number of benzene rings is 1. The summed E-state index contributed by atoms with van der Waals surface area (Å²) in [6.07, 6.45) is -1.55. The van der Waals surface area contributed by atoms with Crippen LogP contribution in [0, 0.1) is 0 Å². The first kappa shape index (κ1) is 12.9. The van der Waals surface area contributed by atoms with Crippen LogP contribution < -0.4 is 11.5 Å². The van der Waals surface area contributed by atoms with Crippen molar-refractivity contribution in [3.05, 3.63) is 42.2 Å². The Morgan fingerprint density at radius 3 is 2.53 bits per heavy atom. The number of guanidine groups is 1. The standard InChI is InChI=1S/C11H10F3N5/c12-11(13,14)8-6-7(19-5-1-4-17-19)2-3-9(8)18-10(15)16/h1-6H,(H4,15,16,18). The van der Waals surface area contributed by atoms with Crippen molar-refractivity contribution < 1.29 is 13.2 Å². The molecular weight excluding hydrogens is 259 g/mol. The first-order valence-electron chi connectivity index (χ1n) is 5.19. The van der Waals surface area contributed by atoms with Crippen molar-refractivity contribution >= 4 is 11.6 Å². The molecule has 0 unspecified atom stereocenters. The van der Waals surface area contributed by atoms with Crippen LogP contribution in [0.15, 0.2) is 41.7 Å². The highest BCUT2D eigenvalue weighted by molar-refractivity contribution is 5.79. The smallest absolute Gasteiger partial charge is 0.370 e. The fourth-order valence-corrected chi connectivity index (χ4v) is 1.55. The van der Waals surface area contributed by atoms with Gasteiger partial charge in [0.05, 0.1) is 16.9 Å². The zero-order valence-corrected chi connectivity index (χ0v) is 9.59. The van der Waals surface area contributed by atoms with Crippen molar-refractivity contribution in [2.45, 2.75) is 6.18 Å². The molecule has 1 aromatic heterocycles. The SMILES string of the molecule is NC(N)=Nc1ccc(-n2cccn2)cc1C(F)(F)F. The lowest BCUT2D eigenvalue weighted by molar-refractivity contribution is -0.137. The second-order valence-electron chi connectivity index (χ2n) is 3.69. The molecule has 5 nitrogen and oxygen atoms in total. The lowest BCUT2D eigenvalue weighted by Crippen LogP contribution is -2.22. The number of alkyl halides is 3. The topological polar surface area (TPSA) is 82.2 Å². The number of nitrogens with two attached hydrogens (primary N) is 2. The lowest BCUT2D eigenvalue weighted by atomic mass is 10.1. The Morgan fingerprint density at radius 1 is 1.26 bits per heavy atom. The van der Waals surface area contributed by atoms with Crippen molar-refractivity contribution in [1.29, 1.82) is 0 Å². The minimum Gasteiger partial charge on any atom is -0.370 e. The van der Waals surface area contributed by atoms with Crippen LogP contribution in [0.25, 0.3) is 5.69 Å². The summed E-state index contributed by atoms with van der Waals surface area (Å²) in [6, 6.07) is 5.19. The summed E-state index contributed by atoms with van der Waals surface area (Å²) in [5, 5.41) is 3.86. The zero-order valence-electron chi connectivity index (χ0n) is 9.59. The fraction of sp³-hybridized carbons (Fsp3) is 0.0909. The van der Waals surface area contributed by atoms with Gasteiger partial charge in [-0.2, -0.15) is 18.3 Å². The Bertz CT molecular complexity index is 597. The van der Waals surface area contributed by atoms with Crippen LogP contribution in [0.4, 0.5) is 18.9 Å². The van der Waals surface area contributed by atoms with E-state index in [1.807, 2.05) is 0 Å². The largest absolute Gasteiger partial charge is 0.418 e. The van der Waals surface area contributed by atoms with Crippen LogP contribution in [0.2, 0.25) is 0 Å². The quantitative estimate of drug-likeness (QED) is 0.644. The summed E-state index contributed by atoms with van der Waals surface area (Å²) in [4.78, 5) is 3.47. The minimum atomic E-state index is -4.56. The van der Waals surface area contributed by atoms with Crippen molar-refractivity contribution in [2.75, 3.05) is 0 Å². The van der Waals surface area contributed by atoms with E-state index in [0.29, 0.717) is 0 Å². The third kappa shape index (κ3) is 2.84. The number of hydrogen-bond donors (Lipinski definition) is 2. The molecule has 0 atom stereocenters. The number of nitrogens with zero attached hydrogens (tertiary/aromatic N) is 3. The molecule has 1 aromatic carbocycles. The van der Waals surface area contributed by atoms with Crippen molar-refractivity contribution in [3.63, 3.8) is 0 Å². The zero-order chi connectivity index (χ0) is 14.0. The molecule has 0 radical (unpaired) electrons. The highest BCUT2D eigenvalue weighted by atomic mass is 19.4. The van der Waals surface area contributed by atoms with Gasteiger partial charge in [0, 0.05) is 12.4 Å². The molecular formula is C11H10F3N5. The van der Waals surface area contributed by atoms with Crippen LogP contribution in [-0.2, 0) is 6.18 Å². The van der Waals surface area contributed by atoms with Gasteiger partial charge in [0.15, 0.2) is 5.96 Å². The van der Waals surface area contributed by atoms with E-state index in [2.05, 4.69) is 10.1 Å². The van der Waals surface area contributed by atoms with E-state index in [1.54, 1.807) is 6.07 Å². The maximum absolute atomic E-state index is 12.9. The highest BCUT2D eigenvalue weighted by Crippen LogP contribution is 2.37. The van der Waals surface area contributed by atoms with E-state index >= 15 is 0 Å². The molecule has 19 heavy (non-hydrogen) atoms. The predicted molar refractivity (Wildman–Crippen MR) is 64.0 cm³/mol. The van der Waals surface area contributed by atoms with E-state index in [9.17, 15) is 13.2 Å². The first-order chi connectivity index (χ1) is 8.88. The van der Waals surface area contributed by atoms with E-state index in [0.717, 1.165) is 6.07 Å². The summed E-state index contributed by atoms with van der Waals surface area (Å²) in [5.41, 5.74) is 9.24. The van der Waals surface area contributed by atoms with Gasteiger partial charge in [-0.15, -0.1) is 0 Å². The number of rotatable bonds is 2. The maximum Gasteiger partial charge on any atom is 0.418 e. The van der Waals surface area contributed by atoms with Gasteiger partial charge in [0.2, 0.25) is 0 Å². The summed E-state index contributed by atoms with van der Waals surface area (Å²) in [6.45, 7) is 0. The minimum absolute atomic E-state index is 0.270. The van der Waals surface area contributed by atoms with Crippen LogP contribution in [-0.4, -0.2) is 15.7 Å². The Labute approximate surface area is 106 Å². The van der Waals surface area contributed by atoms with Gasteiger partial charge in [0.25, 0.3) is 0 Å². The van der Waals surface area contributed by atoms with Crippen molar-refractivity contribution in [3.8, 4) is 5.69 Å². The van der Waals surface area contributed by atoms with Crippen LogP contribution in [0.3, 0.4) is 0 Å². The monoisotopic (exact) mass is 269 g/mol. The second-order valence-corrected chi connectivity index (χ2v) is 3.69. The molecule has 1 heterocycles. The number of aliphatic imine (C=N–C) groups is 1. The highest BCUT2D eigenvalue weighted by Gasteiger charge is 2.34. The Balaban J connectivity index is 2.57. The fourth-order valence-electron chi connectivity index (χ4n) is 1.55. The lowest BCUT2D eigenvalue weighted by Gasteiger charge is -2.12. The molecule has 4 N–H and O–H groups in total. The molecule has 8 heteroatoms. The van der Waals surface area contributed by atoms with Crippen molar-refractivity contribution in [2.24, 2.45) is 16.5 Å². The second kappa shape index (κ2) is 4.63. The molecule has 0 aliphatic heterocycles. The predicted octanol–water partition coefficient (Wildman–Crippen LogP) is 1.80. The Kier molecular flexibility index (Phi) is 3.16. The molecule has 0 aliphatic carbocycles. The third-order valence-electron chi connectivity index (χ3n) is 2.30. The van der Waals surface area contributed by atoms with Crippen molar-refractivity contribution in [1.82, 2.24) is 9.78 Å². The van der Waals surface area contributed by atoms with Gasteiger partial charge in [-0.1, -0.05) is 0 Å². The summed E-state index contributed by atoms with van der Waals surface area (Å²) in [5.74, 6) is -0.433. The first-order valence-corrected chi connectivity index (χ1v) is 5.19. The molecule has 0 aliphatic rings. The normalized spacial score (nSPS) is 11.3. The Morgan fingerprint density at radius 2 is 2.00 bits per heavy atom. The Hall–Kier alpha value is -2.51. The third-order valence-corrected chi connectivity index (χ3v) is 2.30. The molecule has 2 rings (SSSR count). The van der Waals surface area contributed by atoms with Gasteiger partial charge in [0.1, 0.15) is 0 Å². The van der Waals surface area contributed by atoms with Gasteiger partial charge < -0.3 is 11.5 Å². The molecule has 0 bridgehead atoms. The maximum atomic E-state index is 12.9. The molecule has 0 spiro atoms. The molecule has 0 amide bonds. The van der Waals surface area contributed by atoms with Gasteiger partial charge in [-0.3, -0.25) is 0 Å². The molecule has 2 aromatic rings. The van der Waals surface area contributed by atoms with E-state index in [-0.39, 0.29) is 11.4 Å². The summed E-state index contributed by atoms with van der Waals surface area (Å²) in [7, 11) is 0. The average molecular weight is 269 g/mol. The van der Waals surface area contributed by atoms with Gasteiger partial charge in [-0.25, -0.2) is 9.67 Å². The number of aromatic nitrogens is 2. The average Bonchev–Trinajstić information content (AvgIpc) is 2.80. The molecule has 0 saturated carbocycles. The van der Waals surface area contributed by atoms with E-state index in [1.165, 1.54) is 29.2 Å². The van der Waals surface area contributed by atoms with Gasteiger partial charge >= 0.3 is 6.18 Å². The molecule has 0 saturated heterocycles. The van der Waals surface area contributed by atoms with E-state index in [4.69, 9.17) is 11.5 Å². The van der Waals surface area contributed by atoms with Crippen LogP contribution >= 0.6 is 0 Å². The molecule has 0 fully saturated rings. The van der Waals surface area contributed by atoms with Gasteiger partial charge in [-0.05, 0) is 24.3 Å². The van der Waals surface area contributed by atoms with E-state index < -0.39 is 17.7 Å². The number of halogens is 3. The summed E-state index contributed by atoms with van der Waals surface area (Å²) >= 11 is 0. The number of hydrogen-bond acceptors (Lipinski definition) is 2. The van der Waals surface area contributed by atoms with Crippen LogP contribution in [0.5, 0.6) is 0 Å². The summed E-state index contributed by atoms with van der Waals surface area (Å²) < 4.78 is 40.1. The van der Waals surface area contributed by atoms with Crippen LogP contribution in [0.1, 0.15) is 5.56 Å². The molecule has 100 valence electrons.